The van der Waals surface area contributed by atoms with Gasteiger partial charge in [0, 0.05) is 12.2 Å². The molecule has 0 saturated heterocycles. The minimum Gasteiger partial charge on any atom is -0.454 e. The van der Waals surface area contributed by atoms with Crippen LogP contribution in [0, 0.1) is 6.92 Å². The summed E-state index contributed by atoms with van der Waals surface area (Å²) in [7, 11) is 0. The van der Waals surface area contributed by atoms with Crippen LogP contribution < -0.4 is 16.6 Å². The number of rotatable bonds is 8. The van der Waals surface area contributed by atoms with E-state index in [4.69, 9.17) is 4.74 Å². The van der Waals surface area contributed by atoms with Crippen molar-refractivity contribution >= 4 is 28.7 Å². The number of carbonyl (C=O) groups is 2. The number of ether oxygens (including phenoxy) is 1. The first-order chi connectivity index (χ1) is 16.9. The Hall–Kier alpha value is -4.47. The Morgan fingerprint density at radius 1 is 1.00 bits per heavy atom. The molecule has 1 N–H and O–H groups in total. The van der Waals surface area contributed by atoms with Crippen molar-refractivity contribution in [1.29, 1.82) is 0 Å². The molecular weight excluding hydrogens is 450 g/mol. The first-order valence-corrected chi connectivity index (χ1v) is 11.1. The van der Waals surface area contributed by atoms with E-state index in [-0.39, 0.29) is 17.7 Å². The average Bonchev–Trinajstić information content (AvgIpc) is 3.29. The zero-order valence-electron chi connectivity index (χ0n) is 19.4. The van der Waals surface area contributed by atoms with Gasteiger partial charge in [-0.3, -0.25) is 19.0 Å². The average molecular weight is 476 g/mol. The molecule has 4 aromatic rings. The number of nitrogens with one attached hydrogen (secondary N) is 1. The largest absolute Gasteiger partial charge is 0.454 e. The highest BCUT2D eigenvalue weighted by Gasteiger charge is 2.20. The third kappa shape index (κ3) is 5.06. The Bertz CT molecular complexity index is 1500. The molecule has 2 aromatic carbocycles. The molecule has 35 heavy (non-hydrogen) atoms. The van der Waals surface area contributed by atoms with Gasteiger partial charge in [0.1, 0.15) is 6.54 Å². The molecule has 4 rings (SSSR count). The van der Waals surface area contributed by atoms with Gasteiger partial charge in [-0.2, -0.15) is 0 Å². The van der Waals surface area contributed by atoms with Crippen LogP contribution in [0.4, 0.5) is 5.69 Å². The molecular formula is C25H25N5O5. The summed E-state index contributed by atoms with van der Waals surface area (Å²) in [5, 5.41) is 2.66. The number of hydrogen-bond acceptors (Lipinski definition) is 6. The Kier molecular flexibility index (Phi) is 6.91. The second-order valence-corrected chi connectivity index (χ2v) is 7.97. The number of nitrogens with zero attached hydrogens (tertiary/aromatic N) is 4. The number of aryl methyl sites for hydroxylation is 2. The molecule has 0 bridgehead atoms. The highest BCUT2D eigenvalue weighted by Crippen LogP contribution is 2.13. The number of aromatic nitrogens is 4. The van der Waals surface area contributed by atoms with E-state index in [1.807, 2.05) is 56.3 Å². The number of para-hydroxylation sites is 1. The summed E-state index contributed by atoms with van der Waals surface area (Å²) in [4.78, 5) is 55.4. The molecule has 1 amide bonds. The Labute approximate surface area is 200 Å². The molecule has 2 aromatic heterocycles. The van der Waals surface area contributed by atoms with Crippen LogP contribution in [-0.2, 0) is 34.0 Å². The quantitative estimate of drug-likeness (QED) is 0.389. The maximum atomic E-state index is 13.2. The molecule has 0 spiro atoms. The number of esters is 1. The van der Waals surface area contributed by atoms with Crippen molar-refractivity contribution in [1.82, 2.24) is 18.7 Å². The van der Waals surface area contributed by atoms with Gasteiger partial charge in [-0.15, -0.1) is 0 Å². The number of amides is 1. The van der Waals surface area contributed by atoms with Gasteiger partial charge in [-0.1, -0.05) is 48.5 Å². The lowest BCUT2D eigenvalue weighted by molar-refractivity contribution is -0.148. The lowest BCUT2D eigenvalue weighted by atomic mass is 10.2. The maximum Gasteiger partial charge on any atom is 0.333 e. The van der Waals surface area contributed by atoms with Crippen LogP contribution in [0.3, 0.4) is 0 Å². The smallest absolute Gasteiger partial charge is 0.333 e. The third-order valence-electron chi connectivity index (χ3n) is 5.58. The number of anilines is 1. The number of imidazole rings is 1. The van der Waals surface area contributed by atoms with Gasteiger partial charge in [0.2, 0.25) is 0 Å². The van der Waals surface area contributed by atoms with Crippen molar-refractivity contribution in [3.05, 3.63) is 92.9 Å². The highest BCUT2D eigenvalue weighted by atomic mass is 16.5. The lowest BCUT2D eigenvalue weighted by Gasteiger charge is -2.13. The predicted octanol–water partition coefficient (Wildman–Crippen LogP) is 1.92. The third-order valence-corrected chi connectivity index (χ3v) is 5.58. The topological polar surface area (TPSA) is 117 Å². The van der Waals surface area contributed by atoms with E-state index in [2.05, 4.69) is 10.3 Å². The standard InChI is InChI=1S/C25H25N5O5/c1-3-28-16-26-23-22(28)24(33)30(25(34)29(23)13-18-10-5-4-6-11-18)14-21(32)35-15-20(31)27-19-12-8-7-9-17(19)2/h4-12,16H,3,13-15H2,1-2H3,(H,27,31). The highest BCUT2D eigenvalue weighted by molar-refractivity contribution is 5.93. The van der Waals surface area contributed by atoms with E-state index in [0.29, 0.717) is 12.2 Å². The van der Waals surface area contributed by atoms with Crippen molar-refractivity contribution in [2.45, 2.75) is 33.5 Å². The van der Waals surface area contributed by atoms with Gasteiger partial charge in [-0.05, 0) is 31.0 Å². The van der Waals surface area contributed by atoms with Crippen molar-refractivity contribution < 1.29 is 14.3 Å². The fourth-order valence-electron chi connectivity index (χ4n) is 3.75. The molecule has 0 aliphatic heterocycles. The zero-order valence-corrected chi connectivity index (χ0v) is 19.4. The van der Waals surface area contributed by atoms with E-state index in [0.717, 1.165) is 15.7 Å². The molecule has 0 aliphatic rings. The summed E-state index contributed by atoms with van der Waals surface area (Å²) in [6.07, 6.45) is 1.49. The van der Waals surface area contributed by atoms with Crippen molar-refractivity contribution in [3.8, 4) is 0 Å². The maximum absolute atomic E-state index is 13.2. The first kappa shape index (κ1) is 23.7. The summed E-state index contributed by atoms with van der Waals surface area (Å²) >= 11 is 0. The fourth-order valence-corrected chi connectivity index (χ4v) is 3.75. The van der Waals surface area contributed by atoms with E-state index in [9.17, 15) is 19.2 Å². The van der Waals surface area contributed by atoms with Gasteiger partial charge in [-0.25, -0.2) is 14.3 Å². The SMILES string of the molecule is CCn1cnc2c1c(=O)n(CC(=O)OCC(=O)Nc1ccccc1C)c(=O)n2Cc1ccccc1. The zero-order chi connectivity index (χ0) is 24.9. The van der Waals surface area contributed by atoms with Crippen LogP contribution in [0.25, 0.3) is 11.2 Å². The fraction of sp³-hybridized carbons (Fsp3) is 0.240. The van der Waals surface area contributed by atoms with Crippen molar-refractivity contribution in [2.24, 2.45) is 0 Å². The van der Waals surface area contributed by atoms with Crippen LogP contribution in [0.5, 0.6) is 0 Å². The summed E-state index contributed by atoms with van der Waals surface area (Å²) < 4.78 is 8.86. The minimum absolute atomic E-state index is 0.172. The van der Waals surface area contributed by atoms with Crippen LogP contribution >= 0.6 is 0 Å². The van der Waals surface area contributed by atoms with Crippen LogP contribution in [0.15, 0.2) is 70.5 Å². The molecule has 0 saturated carbocycles. The molecule has 10 nitrogen and oxygen atoms in total. The van der Waals surface area contributed by atoms with Gasteiger partial charge >= 0.3 is 11.7 Å². The van der Waals surface area contributed by atoms with Crippen molar-refractivity contribution in [2.75, 3.05) is 11.9 Å². The molecule has 0 unspecified atom stereocenters. The van der Waals surface area contributed by atoms with E-state index in [1.54, 1.807) is 16.7 Å². The lowest BCUT2D eigenvalue weighted by Crippen LogP contribution is -2.43. The molecule has 0 atom stereocenters. The second-order valence-electron chi connectivity index (χ2n) is 7.97. The Balaban J connectivity index is 1.58. The van der Waals surface area contributed by atoms with E-state index >= 15 is 0 Å². The molecule has 2 heterocycles. The summed E-state index contributed by atoms with van der Waals surface area (Å²) in [5.41, 5.74) is 1.43. The molecule has 180 valence electrons. The molecule has 0 radical (unpaired) electrons. The number of carbonyl (C=O) groups excluding carboxylic acids is 2. The predicted molar refractivity (Wildman–Crippen MR) is 130 cm³/mol. The second kappa shape index (κ2) is 10.2. The number of hydrogen-bond donors (Lipinski definition) is 1. The van der Waals surface area contributed by atoms with Crippen molar-refractivity contribution in [3.63, 3.8) is 0 Å². The Morgan fingerprint density at radius 2 is 1.71 bits per heavy atom. The van der Waals surface area contributed by atoms with E-state index in [1.165, 1.54) is 10.9 Å². The number of fused-ring (bicyclic) bond motifs is 1. The van der Waals surface area contributed by atoms with Gasteiger partial charge in [0.05, 0.1) is 12.9 Å². The molecule has 0 aliphatic carbocycles. The van der Waals surface area contributed by atoms with Crippen LogP contribution in [0.2, 0.25) is 0 Å². The van der Waals surface area contributed by atoms with Gasteiger partial charge in [0.25, 0.3) is 11.5 Å². The normalized spacial score (nSPS) is 10.9. The molecule has 10 heteroatoms. The number of benzene rings is 2. The summed E-state index contributed by atoms with van der Waals surface area (Å²) in [5.74, 6) is -1.40. The van der Waals surface area contributed by atoms with Crippen LogP contribution in [-0.4, -0.2) is 37.2 Å². The van der Waals surface area contributed by atoms with Crippen LogP contribution in [0.1, 0.15) is 18.1 Å². The summed E-state index contributed by atoms with van der Waals surface area (Å²) in [6, 6.07) is 16.4. The molecule has 0 fully saturated rings. The Morgan fingerprint density at radius 3 is 2.43 bits per heavy atom. The van der Waals surface area contributed by atoms with E-state index < -0.39 is 36.3 Å². The summed E-state index contributed by atoms with van der Waals surface area (Å²) in [6.45, 7) is 3.14. The van der Waals surface area contributed by atoms with Gasteiger partial charge in [0.15, 0.2) is 17.8 Å². The minimum atomic E-state index is -0.877. The monoisotopic (exact) mass is 475 g/mol. The first-order valence-electron chi connectivity index (χ1n) is 11.1. The van der Waals surface area contributed by atoms with Gasteiger partial charge < -0.3 is 14.6 Å².